The number of carbonyl (C=O) groups excluding carboxylic acids is 2. The van der Waals surface area contributed by atoms with Crippen LogP contribution < -0.4 is 5.32 Å². The molecule has 0 aromatic heterocycles. The maximum atomic E-state index is 13.5. The Balaban J connectivity index is 4.97. The third-order valence-electron chi connectivity index (χ3n) is 14.8. The van der Waals surface area contributed by atoms with Gasteiger partial charge in [0.05, 0.1) is 33.8 Å². The molecule has 0 aromatic rings. The second kappa shape index (κ2) is 57.2. The molecule has 0 aromatic carbocycles. The van der Waals surface area contributed by atoms with Crippen LogP contribution in [0.2, 0.25) is 0 Å². The van der Waals surface area contributed by atoms with E-state index in [1.54, 1.807) is 0 Å². The van der Waals surface area contributed by atoms with Crippen molar-refractivity contribution in [3.8, 4) is 0 Å². The summed E-state index contributed by atoms with van der Waals surface area (Å²) >= 11 is 0. The largest absolute Gasteiger partial charge is 0.472 e. The molecule has 1 amide bonds. The minimum atomic E-state index is -4.44. The molecule has 0 heterocycles. The molecule has 2 N–H and O–H groups in total. The quantitative estimate of drug-likeness (QED) is 0.0205. The van der Waals surface area contributed by atoms with Crippen LogP contribution in [0.4, 0.5) is 0 Å². The molecule has 0 aliphatic heterocycles. The number of unbranched alkanes of at least 4 members (excludes halogenated alkanes) is 38. The summed E-state index contributed by atoms with van der Waals surface area (Å²) < 4.78 is 30.7. The van der Waals surface area contributed by atoms with Crippen molar-refractivity contribution in [2.45, 2.75) is 328 Å². The van der Waals surface area contributed by atoms with Crippen molar-refractivity contribution in [1.82, 2.24) is 5.32 Å². The van der Waals surface area contributed by atoms with Gasteiger partial charge in [-0.1, -0.05) is 282 Å². The van der Waals surface area contributed by atoms with Crippen LogP contribution in [-0.4, -0.2) is 74.3 Å². The zero-order valence-corrected chi connectivity index (χ0v) is 52.6. The summed E-state index contributed by atoms with van der Waals surface area (Å²) in [5.74, 6) is -0.494. The Morgan fingerprint density at radius 1 is 0.455 bits per heavy atom. The van der Waals surface area contributed by atoms with E-state index in [4.69, 9.17) is 13.8 Å². The van der Waals surface area contributed by atoms with Gasteiger partial charge in [-0.05, 0) is 70.3 Å². The number of hydrogen-bond donors (Lipinski definition) is 2. The lowest BCUT2D eigenvalue weighted by Crippen LogP contribution is -2.47. The van der Waals surface area contributed by atoms with Crippen molar-refractivity contribution in [2.75, 3.05) is 40.9 Å². The first kappa shape index (κ1) is 75.0. The predicted molar refractivity (Wildman–Crippen MR) is 332 cm³/mol. The van der Waals surface area contributed by atoms with Gasteiger partial charge in [0.25, 0.3) is 0 Å². The maximum Gasteiger partial charge on any atom is 0.472 e. The Morgan fingerprint density at radius 2 is 0.792 bits per heavy atom. The zero-order chi connectivity index (χ0) is 56.4. The van der Waals surface area contributed by atoms with Gasteiger partial charge in [-0.25, -0.2) is 4.57 Å². The smallest absolute Gasteiger partial charge is 0.456 e. The number of likely N-dealkylation sites (N-methyl/N-ethyl adjacent to an activating group) is 1. The predicted octanol–water partition coefficient (Wildman–Crippen LogP) is 20.5. The number of quaternary nitrogens is 1. The molecule has 0 saturated heterocycles. The second-order valence-electron chi connectivity index (χ2n) is 23.6. The van der Waals surface area contributed by atoms with Crippen molar-refractivity contribution in [1.29, 1.82) is 0 Å². The second-order valence-corrected chi connectivity index (χ2v) is 25.1. The van der Waals surface area contributed by atoms with Crippen molar-refractivity contribution >= 4 is 19.7 Å². The van der Waals surface area contributed by atoms with E-state index >= 15 is 0 Å². The fourth-order valence-corrected chi connectivity index (χ4v) is 10.4. The van der Waals surface area contributed by atoms with Gasteiger partial charge in [0, 0.05) is 12.8 Å². The van der Waals surface area contributed by atoms with Crippen LogP contribution in [-0.2, 0) is 27.9 Å². The lowest BCUT2D eigenvalue weighted by molar-refractivity contribution is -0.870. The lowest BCUT2D eigenvalue weighted by atomic mass is 10.0. The Morgan fingerprint density at radius 3 is 1.21 bits per heavy atom. The number of nitrogens with one attached hydrogen (secondary N) is 1. The molecule has 0 spiro atoms. The summed E-state index contributed by atoms with van der Waals surface area (Å²) in [6, 6.07) is -0.844. The average molecular weight is 1100 g/mol. The van der Waals surface area contributed by atoms with Crippen LogP contribution in [0.5, 0.6) is 0 Å². The van der Waals surface area contributed by atoms with Gasteiger partial charge < -0.3 is 19.4 Å². The highest BCUT2D eigenvalue weighted by Gasteiger charge is 2.30. The number of phosphoric ester groups is 1. The SMILES string of the molecule is CCCCC/C=C\C/C=C\C/C=C\CCCCCCCCCCCCCCCCC(=O)OC(/C=C\CCCCCCCCCCC)C(COP(=O)(O)OCC[N+](C)(C)C)NC(=O)CCCCCCCCCCCCCCC. The van der Waals surface area contributed by atoms with Crippen LogP contribution in [0.25, 0.3) is 0 Å². The van der Waals surface area contributed by atoms with E-state index in [1.165, 1.54) is 212 Å². The minimum absolute atomic E-state index is 0.0422. The third kappa shape index (κ3) is 58.4. The number of ether oxygens (including phenoxy) is 1. The van der Waals surface area contributed by atoms with Gasteiger partial charge in [0.1, 0.15) is 19.3 Å². The van der Waals surface area contributed by atoms with Crippen molar-refractivity contribution in [2.24, 2.45) is 0 Å². The summed E-state index contributed by atoms with van der Waals surface area (Å²) in [4.78, 5) is 37.7. The van der Waals surface area contributed by atoms with E-state index < -0.39 is 20.0 Å². The molecule has 0 fully saturated rings. The van der Waals surface area contributed by atoms with E-state index in [9.17, 15) is 19.0 Å². The van der Waals surface area contributed by atoms with Crippen molar-refractivity contribution in [3.05, 3.63) is 48.6 Å². The van der Waals surface area contributed by atoms with Gasteiger partial charge in [0.15, 0.2) is 0 Å². The summed E-state index contributed by atoms with van der Waals surface area (Å²) in [7, 11) is 1.51. The highest BCUT2D eigenvalue weighted by molar-refractivity contribution is 7.47. The number of phosphoric acid groups is 1. The molecular weight excluding hydrogens is 976 g/mol. The topological polar surface area (TPSA) is 111 Å². The molecule has 0 aliphatic carbocycles. The Labute approximate surface area is 478 Å². The van der Waals surface area contributed by atoms with E-state index in [2.05, 4.69) is 62.5 Å². The first-order valence-corrected chi connectivity index (χ1v) is 34.5. The first-order chi connectivity index (χ1) is 37.4. The van der Waals surface area contributed by atoms with Crippen LogP contribution >= 0.6 is 7.82 Å². The Kier molecular flexibility index (Phi) is 55.7. The summed E-state index contributed by atoms with van der Waals surface area (Å²) in [5, 5.41) is 3.06. The molecule has 0 radical (unpaired) electrons. The highest BCUT2D eigenvalue weighted by atomic mass is 31.2. The number of hydrogen-bond acceptors (Lipinski definition) is 6. The number of nitrogens with zero attached hydrogens (tertiary/aromatic N) is 1. The normalized spacial score (nSPS) is 13.9. The molecule has 0 aliphatic rings. The van der Waals surface area contributed by atoms with E-state index in [-0.39, 0.29) is 25.1 Å². The fraction of sp³-hybridized carbons (Fsp3) is 0.851. The lowest BCUT2D eigenvalue weighted by Gasteiger charge is -2.27. The van der Waals surface area contributed by atoms with Crippen molar-refractivity contribution < 1.29 is 37.3 Å². The van der Waals surface area contributed by atoms with Gasteiger partial charge in [-0.2, -0.15) is 0 Å². The van der Waals surface area contributed by atoms with Gasteiger partial charge in [-0.3, -0.25) is 18.6 Å². The molecule has 9 nitrogen and oxygen atoms in total. The van der Waals surface area contributed by atoms with E-state index in [0.29, 0.717) is 23.9 Å². The number of allylic oxidation sites excluding steroid dienone is 7. The molecule has 10 heteroatoms. The fourth-order valence-electron chi connectivity index (χ4n) is 9.65. The first-order valence-electron chi connectivity index (χ1n) is 33.0. The minimum Gasteiger partial charge on any atom is -0.456 e. The van der Waals surface area contributed by atoms with Crippen LogP contribution in [0, 0.1) is 0 Å². The van der Waals surface area contributed by atoms with Crippen LogP contribution in [0.3, 0.4) is 0 Å². The summed E-state index contributed by atoms with van der Waals surface area (Å²) in [5.41, 5.74) is 0. The third-order valence-corrected chi connectivity index (χ3v) is 15.8. The van der Waals surface area contributed by atoms with Gasteiger partial charge in [-0.15, -0.1) is 0 Å². The number of carbonyl (C=O) groups is 2. The maximum absolute atomic E-state index is 13.5. The standard InChI is InChI=1S/C67H127N2O7P/c1-7-10-13-16-19-22-25-27-28-29-30-31-32-33-34-35-36-37-38-39-40-42-45-48-51-54-57-60-67(71)76-65(58-55-52-49-46-43-24-21-18-15-12-9-3)64(63-75-77(72,73)74-62-61-69(4,5)6)68-66(70)59-56-53-50-47-44-41-26-23-20-17-14-11-8-2/h19,22,27-28,30-31,55,58,64-65H,7-18,20-21,23-26,29,32-54,56-57,59-63H2,1-6H3,(H-,68,70,72,73)/p+1/b22-19-,28-27-,31-30-,58-55-. The molecular formula is C67H128N2O7P+. The molecule has 3 unspecified atom stereocenters. The number of rotatable bonds is 60. The van der Waals surface area contributed by atoms with Crippen LogP contribution in [0.15, 0.2) is 48.6 Å². The van der Waals surface area contributed by atoms with Gasteiger partial charge in [0.2, 0.25) is 5.91 Å². The molecule has 0 rings (SSSR count). The number of esters is 1. The summed E-state index contributed by atoms with van der Waals surface area (Å²) in [6.45, 7) is 7.01. The molecule has 77 heavy (non-hydrogen) atoms. The average Bonchev–Trinajstić information content (AvgIpc) is 3.39. The monoisotopic (exact) mass is 1100 g/mol. The molecule has 452 valence electrons. The Bertz CT molecular complexity index is 1460. The van der Waals surface area contributed by atoms with E-state index in [1.807, 2.05) is 33.3 Å². The molecule has 3 atom stereocenters. The van der Waals surface area contributed by atoms with E-state index in [0.717, 1.165) is 70.6 Å². The number of amides is 1. The highest BCUT2D eigenvalue weighted by Crippen LogP contribution is 2.43. The van der Waals surface area contributed by atoms with Crippen molar-refractivity contribution in [3.63, 3.8) is 0 Å². The summed E-state index contributed by atoms with van der Waals surface area (Å²) in [6.07, 6.45) is 71.2. The van der Waals surface area contributed by atoms with Gasteiger partial charge >= 0.3 is 13.8 Å². The zero-order valence-electron chi connectivity index (χ0n) is 51.7. The van der Waals surface area contributed by atoms with Crippen LogP contribution in [0.1, 0.15) is 316 Å². The molecule has 0 saturated carbocycles. The Hall–Kier alpha value is -2.03. The molecule has 0 bridgehead atoms.